The van der Waals surface area contributed by atoms with Gasteiger partial charge in [-0.3, -0.25) is 0 Å². The first-order valence-corrected chi connectivity index (χ1v) is 6.81. The minimum absolute atomic E-state index is 0.646. The van der Waals surface area contributed by atoms with Crippen molar-refractivity contribution in [1.82, 2.24) is 0 Å². The molecule has 0 bridgehead atoms. The Morgan fingerprint density at radius 3 is 2.63 bits per heavy atom. The lowest BCUT2D eigenvalue weighted by molar-refractivity contribution is 0.122. The van der Waals surface area contributed by atoms with Crippen molar-refractivity contribution in [2.45, 2.75) is 0 Å². The van der Waals surface area contributed by atoms with Gasteiger partial charge in [0.25, 0.3) is 0 Å². The number of halogens is 1. The molecule has 0 spiro atoms. The van der Waals surface area contributed by atoms with E-state index in [1.165, 1.54) is 11.3 Å². The highest BCUT2D eigenvalue weighted by molar-refractivity contribution is 6.30. The molecule has 1 aliphatic heterocycles. The normalized spacial score (nSPS) is 15.5. The summed E-state index contributed by atoms with van der Waals surface area (Å²) in [5.74, 6) is 0. The summed E-state index contributed by atoms with van der Waals surface area (Å²) < 4.78 is 5.39. The number of nitrogens with zero attached hydrogens (tertiary/aromatic N) is 1. The minimum Gasteiger partial charge on any atom is -0.378 e. The third-order valence-electron chi connectivity index (χ3n) is 3.33. The molecule has 2 aromatic rings. The Labute approximate surface area is 118 Å². The molecule has 3 heteroatoms. The predicted molar refractivity (Wildman–Crippen MR) is 78.8 cm³/mol. The zero-order chi connectivity index (χ0) is 13.1. The first-order valence-electron chi connectivity index (χ1n) is 6.43. The van der Waals surface area contributed by atoms with Crippen molar-refractivity contribution in [3.8, 4) is 11.1 Å². The molecule has 2 aromatic carbocycles. The standard InChI is InChI=1S/C16H15ClNO/c17-15-6-4-13(5-7-15)14-2-1-3-16(12-14)18-8-10-19-11-9-18/h1-6,12H,8-11H2. The Kier molecular flexibility index (Phi) is 3.72. The third kappa shape index (κ3) is 2.91. The van der Waals surface area contributed by atoms with Crippen molar-refractivity contribution in [3.63, 3.8) is 0 Å². The van der Waals surface area contributed by atoms with Crippen LogP contribution in [0.4, 0.5) is 5.69 Å². The molecule has 0 atom stereocenters. The number of anilines is 1. The third-order valence-corrected chi connectivity index (χ3v) is 3.57. The van der Waals surface area contributed by atoms with Gasteiger partial charge in [0.15, 0.2) is 0 Å². The summed E-state index contributed by atoms with van der Waals surface area (Å²) in [6.45, 7) is 3.52. The van der Waals surface area contributed by atoms with Gasteiger partial charge in [-0.25, -0.2) is 0 Å². The molecule has 0 N–H and O–H groups in total. The van der Waals surface area contributed by atoms with Crippen molar-refractivity contribution in [3.05, 3.63) is 53.6 Å². The van der Waals surface area contributed by atoms with E-state index in [1.807, 2.05) is 18.2 Å². The molecular weight excluding hydrogens is 258 g/mol. The van der Waals surface area contributed by atoms with Crippen LogP contribution in [0.2, 0.25) is 5.02 Å². The first kappa shape index (κ1) is 12.5. The van der Waals surface area contributed by atoms with E-state index >= 15 is 0 Å². The van der Waals surface area contributed by atoms with Gasteiger partial charge in [0.1, 0.15) is 0 Å². The number of hydrogen-bond acceptors (Lipinski definition) is 2. The van der Waals surface area contributed by atoms with E-state index in [1.54, 1.807) is 0 Å². The molecular formula is C16H15ClNO. The first-order chi connectivity index (χ1) is 9.33. The highest BCUT2D eigenvalue weighted by Crippen LogP contribution is 2.26. The average Bonchev–Trinajstić information content (AvgIpc) is 2.49. The average molecular weight is 273 g/mol. The molecule has 0 saturated carbocycles. The lowest BCUT2D eigenvalue weighted by Gasteiger charge is -2.29. The SMILES string of the molecule is Clc1[c]cc(-c2cccc(N3CCOCC3)c2)cc1. The molecule has 1 heterocycles. The van der Waals surface area contributed by atoms with Gasteiger partial charge in [-0.15, -0.1) is 0 Å². The minimum atomic E-state index is 0.646. The Balaban J connectivity index is 1.88. The molecule has 0 unspecified atom stereocenters. The van der Waals surface area contributed by atoms with E-state index in [0.29, 0.717) is 5.02 Å². The maximum Gasteiger partial charge on any atom is 0.0642 e. The molecule has 3 rings (SSSR count). The van der Waals surface area contributed by atoms with Crippen molar-refractivity contribution < 1.29 is 4.74 Å². The zero-order valence-corrected chi connectivity index (χ0v) is 11.4. The molecule has 1 radical (unpaired) electrons. The largest absolute Gasteiger partial charge is 0.378 e. The molecule has 19 heavy (non-hydrogen) atoms. The Hall–Kier alpha value is -1.51. The van der Waals surface area contributed by atoms with Crippen LogP contribution < -0.4 is 4.90 Å². The number of benzene rings is 2. The fourth-order valence-corrected chi connectivity index (χ4v) is 2.41. The molecule has 1 fully saturated rings. The van der Waals surface area contributed by atoms with Gasteiger partial charge in [-0.05, 0) is 35.4 Å². The highest BCUT2D eigenvalue weighted by atomic mass is 35.5. The van der Waals surface area contributed by atoms with Crippen LogP contribution in [0, 0.1) is 6.07 Å². The summed E-state index contributed by atoms with van der Waals surface area (Å²) in [6, 6.07) is 17.4. The topological polar surface area (TPSA) is 12.5 Å². The molecule has 0 amide bonds. The molecule has 1 aliphatic rings. The van der Waals surface area contributed by atoms with E-state index in [2.05, 4.69) is 35.2 Å². The lowest BCUT2D eigenvalue weighted by Crippen LogP contribution is -2.36. The van der Waals surface area contributed by atoms with Crippen LogP contribution in [0.15, 0.2) is 42.5 Å². The van der Waals surface area contributed by atoms with Crippen molar-refractivity contribution in [2.24, 2.45) is 0 Å². The van der Waals surface area contributed by atoms with E-state index in [4.69, 9.17) is 16.3 Å². The summed E-state index contributed by atoms with van der Waals surface area (Å²) in [5.41, 5.74) is 3.58. The number of hydrogen-bond donors (Lipinski definition) is 0. The van der Waals surface area contributed by atoms with Crippen molar-refractivity contribution in [1.29, 1.82) is 0 Å². The maximum atomic E-state index is 5.87. The van der Waals surface area contributed by atoms with Gasteiger partial charge in [0.2, 0.25) is 0 Å². The number of morpholine rings is 1. The summed E-state index contributed by atoms with van der Waals surface area (Å²) >= 11 is 5.87. The predicted octanol–water partition coefficient (Wildman–Crippen LogP) is 3.64. The number of ether oxygens (including phenoxy) is 1. The molecule has 2 nitrogen and oxygen atoms in total. The van der Waals surface area contributed by atoms with Crippen LogP contribution in [0.25, 0.3) is 11.1 Å². The van der Waals surface area contributed by atoms with Crippen LogP contribution in [0.1, 0.15) is 0 Å². The van der Waals surface area contributed by atoms with Gasteiger partial charge in [-0.2, -0.15) is 0 Å². The smallest absolute Gasteiger partial charge is 0.0642 e. The van der Waals surface area contributed by atoms with Crippen LogP contribution in [-0.2, 0) is 4.74 Å². The Bertz CT molecular complexity index is 547. The second kappa shape index (κ2) is 5.64. The Morgan fingerprint density at radius 1 is 1.05 bits per heavy atom. The monoisotopic (exact) mass is 272 g/mol. The van der Waals surface area contributed by atoms with Gasteiger partial charge in [-0.1, -0.05) is 29.8 Å². The molecule has 97 valence electrons. The number of rotatable bonds is 2. The van der Waals surface area contributed by atoms with Crippen LogP contribution >= 0.6 is 11.6 Å². The lowest BCUT2D eigenvalue weighted by atomic mass is 10.0. The van der Waals surface area contributed by atoms with Crippen LogP contribution in [-0.4, -0.2) is 26.3 Å². The van der Waals surface area contributed by atoms with E-state index in [-0.39, 0.29) is 0 Å². The molecule has 0 aromatic heterocycles. The van der Waals surface area contributed by atoms with Gasteiger partial charge in [0, 0.05) is 29.9 Å². The second-order valence-electron chi connectivity index (χ2n) is 4.58. The second-order valence-corrected chi connectivity index (χ2v) is 4.98. The summed E-state index contributed by atoms with van der Waals surface area (Å²) in [4.78, 5) is 2.35. The Morgan fingerprint density at radius 2 is 1.89 bits per heavy atom. The van der Waals surface area contributed by atoms with E-state index < -0.39 is 0 Å². The van der Waals surface area contributed by atoms with Crippen molar-refractivity contribution in [2.75, 3.05) is 31.2 Å². The summed E-state index contributed by atoms with van der Waals surface area (Å²) in [6.07, 6.45) is 0. The fraction of sp³-hybridized carbons (Fsp3) is 0.250. The molecule has 0 aliphatic carbocycles. The van der Waals surface area contributed by atoms with Gasteiger partial charge < -0.3 is 9.64 Å². The van der Waals surface area contributed by atoms with Crippen LogP contribution in [0.3, 0.4) is 0 Å². The summed E-state index contributed by atoms with van der Waals surface area (Å²) in [7, 11) is 0. The highest BCUT2D eigenvalue weighted by Gasteiger charge is 2.11. The quantitative estimate of drug-likeness (QED) is 0.828. The van der Waals surface area contributed by atoms with E-state index in [0.717, 1.165) is 31.9 Å². The van der Waals surface area contributed by atoms with Gasteiger partial charge in [0.05, 0.1) is 13.2 Å². The maximum absolute atomic E-state index is 5.87. The van der Waals surface area contributed by atoms with E-state index in [9.17, 15) is 0 Å². The molecule has 1 saturated heterocycles. The van der Waals surface area contributed by atoms with Gasteiger partial charge >= 0.3 is 0 Å². The zero-order valence-electron chi connectivity index (χ0n) is 10.6. The van der Waals surface area contributed by atoms with Crippen molar-refractivity contribution >= 4 is 17.3 Å². The summed E-state index contributed by atoms with van der Waals surface area (Å²) in [5, 5.41) is 0.646. The van der Waals surface area contributed by atoms with Crippen LogP contribution in [0.5, 0.6) is 0 Å². The fourth-order valence-electron chi connectivity index (χ4n) is 2.29.